The van der Waals surface area contributed by atoms with Crippen LogP contribution in [0, 0.1) is 18.8 Å². The Labute approximate surface area is 171 Å². The van der Waals surface area contributed by atoms with Gasteiger partial charge in [0.05, 0.1) is 39.6 Å². The largest absolute Gasteiger partial charge is 0.492 e. The molecule has 158 valence electrons. The number of benzene rings is 1. The number of amides is 1. The van der Waals surface area contributed by atoms with Crippen molar-refractivity contribution in [2.45, 2.75) is 33.4 Å². The summed E-state index contributed by atoms with van der Waals surface area (Å²) in [7, 11) is -1.03. The van der Waals surface area contributed by atoms with Crippen LogP contribution in [0.15, 0.2) is 12.1 Å². The summed E-state index contributed by atoms with van der Waals surface area (Å²) < 4.78 is 21.5. The molecule has 0 bridgehead atoms. The minimum absolute atomic E-state index is 0.0228. The number of hydrogen-bond donors (Lipinski definition) is 2. The summed E-state index contributed by atoms with van der Waals surface area (Å²) >= 11 is 0. The lowest BCUT2D eigenvalue weighted by Gasteiger charge is -2.23. The van der Waals surface area contributed by atoms with E-state index >= 15 is 0 Å². The second-order valence-electron chi connectivity index (χ2n) is 7.82. The average Bonchev–Trinajstić information content (AvgIpc) is 2.90. The Kier molecular flexibility index (Phi) is 7.29. The van der Waals surface area contributed by atoms with Crippen molar-refractivity contribution >= 4 is 24.5 Å². The van der Waals surface area contributed by atoms with Gasteiger partial charge in [0.2, 0.25) is 0 Å². The SMILES string of the molecule is Cc1c(C(=O)N[C@H](C(=O)OCC2COCCOC2)C(C)C)ccc2c1B(O)OC2. The van der Waals surface area contributed by atoms with Crippen LogP contribution in [-0.2, 0) is 30.3 Å². The molecule has 0 unspecified atom stereocenters. The van der Waals surface area contributed by atoms with Crippen LogP contribution < -0.4 is 10.8 Å². The van der Waals surface area contributed by atoms with E-state index in [4.69, 9.17) is 18.9 Å². The van der Waals surface area contributed by atoms with Gasteiger partial charge in [0.1, 0.15) is 6.04 Å². The maximum absolute atomic E-state index is 12.9. The zero-order valence-corrected chi connectivity index (χ0v) is 17.1. The monoisotopic (exact) mass is 405 g/mol. The van der Waals surface area contributed by atoms with Crippen LogP contribution in [-0.4, -0.2) is 63.1 Å². The smallest absolute Gasteiger partial charge is 0.464 e. The fraction of sp³-hybridized carbons (Fsp3) is 0.600. The molecule has 1 saturated heterocycles. The van der Waals surface area contributed by atoms with Gasteiger partial charge in [0.15, 0.2) is 0 Å². The first kappa shape index (κ1) is 21.8. The van der Waals surface area contributed by atoms with Crippen LogP contribution in [0.25, 0.3) is 0 Å². The molecule has 0 saturated carbocycles. The molecular weight excluding hydrogens is 377 g/mol. The van der Waals surface area contributed by atoms with E-state index in [1.54, 1.807) is 19.1 Å². The first-order valence-corrected chi connectivity index (χ1v) is 9.93. The van der Waals surface area contributed by atoms with E-state index in [0.717, 1.165) is 5.56 Å². The van der Waals surface area contributed by atoms with Gasteiger partial charge in [-0.3, -0.25) is 4.79 Å². The molecule has 2 aliphatic heterocycles. The highest BCUT2D eigenvalue weighted by Gasteiger charge is 2.32. The number of carbonyl (C=O) groups is 2. The summed E-state index contributed by atoms with van der Waals surface area (Å²) in [6.07, 6.45) is 0. The van der Waals surface area contributed by atoms with Crippen molar-refractivity contribution < 1.29 is 33.5 Å². The van der Waals surface area contributed by atoms with Gasteiger partial charge in [-0.25, -0.2) is 4.79 Å². The standard InChI is InChI=1S/C20H28BNO7/c1-12(2)18(20(24)28-10-14-8-26-6-7-27-9-14)22-19(23)16-5-4-15-11-29-21(25)17(15)13(16)3/h4-5,12,14,18,25H,6-11H2,1-3H3,(H,22,23)/t18-/m0/s1. The number of nitrogens with one attached hydrogen (secondary N) is 1. The third kappa shape index (κ3) is 5.16. The van der Waals surface area contributed by atoms with Gasteiger partial charge in [0, 0.05) is 11.5 Å². The Morgan fingerprint density at radius 3 is 2.62 bits per heavy atom. The molecule has 29 heavy (non-hydrogen) atoms. The van der Waals surface area contributed by atoms with Crippen LogP contribution in [0.3, 0.4) is 0 Å². The molecular formula is C20H28BNO7. The van der Waals surface area contributed by atoms with Crippen molar-refractivity contribution in [3.8, 4) is 0 Å². The van der Waals surface area contributed by atoms with Crippen molar-refractivity contribution in [2.75, 3.05) is 33.0 Å². The van der Waals surface area contributed by atoms with Crippen LogP contribution in [0.4, 0.5) is 0 Å². The van der Waals surface area contributed by atoms with Crippen molar-refractivity contribution in [3.63, 3.8) is 0 Å². The molecule has 1 fully saturated rings. The van der Waals surface area contributed by atoms with Crippen LogP contribution in [0.2, 0.25) is 0 Å². The van der Waals surface area contributed by atoms with Gasteiger partial charge >= 0.3 is 13.1 Å². The summed E-state index contributed by atoms with van der Waals surface area (Å²) in [6, 6.07) is 2.67. The second kappa shape index (κ2) is 9.71. The summed E-state index contributed by atoms with van der Waals surface area (Å²) in [4.78, 5) is 25.5. The lowest BCUT2D eigenvalue weighted by Crippen LogP contribution is -2.46. The van der Waals surface area contributed by atoms with E-state index in [2.05, 4.69) is 5.32 Å². The number of rotatable bonds is 6. The normalized spacial score (nSPS) is 18.3. The summed E-state index contributed by atoms with van der Waals surface area (Å²) in [5.41, 5.74) is 2.53. The molecule has 0 spiro atoms. The molecule has 1 atom stereocenters. The minimum atomic E-state index is -1.03. The predicted molar refractivity (Wildman–Crippen MR) is 106 cm³/mol. The van der Waals surface area contributed by atoms with Gasteiger partial charge < -0.3 is 29.2 Å². The second-order valence-corrected chi connectivity index (χ2v) is 7.82. The van der Waals surface area contributed by atoms with Crippen molar-refractivity contribution in [3.05, 3.63) is 28.8 Å². The quantitative estimate of drug-likeness (QED) is 0.514. The lowest BCUT2D eigenvalue weighted by molar-refractivity contribution is -0.149. The number of carbonyl (C=O) groups excluding carboxylic acids is 2. The summed E-state index contributed by atoms with van der Waals surface area (Å²) in [5.74, 6) is -1.05. The molecule has 0 radical (unpaired) electrons. The van der Waals surface area contributed by atoms with Crippen molar-refractivity contribution in [2.24, 2.45) is 11.8 Å². The molecule has 0 aliphatic carbocycles. The third-order valence-corrected chi connectivity index (χ3v) is 5.24. The maximum atomic E-state index is 12.9. The molecule has 2 heterocycles. The molecule has 1 amide bonds. The number of ether oxygens (including phenoxy) is 3. The molecule has 2 N–H and O–H groups in total. The van der Waals surface area contributed by atoms with Gasteiger partial charge in [-0.15, -0.1) is 0 Å². The first-order valence-electron chi connectivity index (χ1n) is 9.93. The number of fused-ring (bicyclic) bond motifs is 1. The van der Waals surface area contributed by atoms with Crippen molar-refractivity contribution in [1.82, 2.24) is 5.32 Å². The Morgan fingerprint density at radius 1 is 1.28 bits per heavy atom. The zero-order valence-electron chi connectivity index (χ0n) is 17.1. The average molecular weight is 405 g/mol. The molecule has 3 rings (SSSR count). The Bertz CT molecular complexity index is 747. The fourth-order valence-electron chi connectivity index (χ4n) is 3.52. The molecule has 1 aromatic rings. The zero-order chi connectivity index (χ0) is 21.0. The van der Waals surface area contributed by atoms with Crippen LogP contribution in [0.1, 0.15) is 35.3 Å². The highest BCUT2D eigenvalue weighted by atomic mass is 16.6. The lowest BCUT2D eigenvalue weighted by atomic mass is 9.75. The Hall–Kier alpha value is -1.94. The van der Waals surface area contributed by atoms with E-state index in [0.29, 0.717) is 49.6 Å². The summed E-state index contributed by atoms with van der Waals surface area (Å²) in [6.45, 7) is 7.97. The highest BCUT2D eigenvalue weighted by molar-refractivity contribution is 6.62. The van der Waals surface area contributed by atoms with E-state index in [1.165, 1.54) is 0 Å². The maximum Gasteiger partial charge on any atom is 0.492 e. The molecule has 2 aliphatic rings. The van der Waals surface area contributed by atoms with Gasteiger partial charge in [-0.05, 0) is 35.5 Å². The minimum Gasteiger partial charge on any atom is -0.464 e. The topological polar surface area (TPSA) is 103 Å². The van der Waals surface area contributed by atoms with E-state index < -0.39 is 19.1 Å². The first-order chi connectivity index (χ1) is 13.9. The van der Waals surface area contributed by atoms with Gasteiger partial charge in [0.25, 0.3) is 5.91 Å². The van der Waals surface area contributed by atoms with Gasteiger partial charge in [-0.1, -0.05) is 19.9 Å². The van der Waals surface area contributed by atoms with Crippen LogP contribution in [0.5, 0.6) is 0 Å². The number of hydrogen-bond acceptors (Lipinski definition) is 7. The van der Waals surface area contributed by atoms with Crippen LogP contribution >= 0.6 is 0 Å². The Morgan fingerprint density at radius 2 is 1.97 bits per heavy atom. The highest BCUT2D eigenvalue weighted by Crippen LogP contribution is 2.17. The number of esters is 1. The Balaban J connectivity index is 1.65. The molecule has 9 heteroatoms. The predicted octanol–water partition coefficient (Wildman–Crippen LogP) is 0.173. The van der Waals surface area contributed by atoms with E-state index in [1.807, 2.05) is 13.8 Å². The molecule has 0 aromatic heterocycles. The van der Waals surface area contributed by atoms with E-state index in [-0.39, 0.29) is 24.3 Å². The molecule has 8 nitrogen and oxygen atoms in total. The summed E-state index contributed by atoms with van der Waals surface area (Å²) in [5, 5.41) is 12.8. The third-order valence-electron chi connectivity index (χ3n) is 5.24. The molecule has 1 aromatic carbocycles. The van der Waals surface area contributed by atoms with Gasteiger partial charge in [-0.2, -0.15) is 0 Å². The van der Waals surface area contributed by atoms with E-state index in [9.17, 15) is 14.6 Å². The fourth-order valence-corrected chi connectivity index (χ4v) is 3.52. The van der Waals surface area contributed by atoms with Crippen molar-refractivity contribution in [1.29, 1.82) is 0 Å².